The van der Waals surface area contributed by atoms with E-state index in [-0.39, 0.29) is 24.8 Å². The average Bonchev–Trinajstić information content (AvgIpc) is 3.18. The summed E-state index contributed by atoms with van der Waals surface area (Å²) in [6.45, 7) is 10.0. The number of benzene rings is 1. The molecule has 186 valence electrons. The van der Waals surface area contributed by atoms with E-state index in [2.05, 4.69) is 28.8 Å². The minimum atomic E-state index is -0.787. The molecule has 0 spiro atoms. The Hall–Kier alpha value is -2.49. The highest BCUT2D eigenvalue weighted by molar-refractivity contribution is 5.77. The molecule has 9 heteroatoms. The third-order valence-corrected chi connectivity index (χ3v) is 6.72. The van der Waals surface area contributed by atoms with E-state index >= 15 is 0 Å². The lowest BCUT2D eigenvalue weighted by Gasteiger charge is -2.43. The highest BCUT2D eigenvalue weighted by Crippen LogP contribution is 2.27. The Bertz CT molecular complexity index is 958. The van der Waals surface area contributed by atoms with Gasteiger partial charge >= 0.3 is 0 Å². The van der Waals surface area contributed by atoms with Gasteiger partial charge in [-0.05, 0) is 38.2 Å². The fourth-order valence-corrected chi connectivity index (χ4v) is 4.59. The van der Waals surface area contributed by atoms with Crippen LogP contribution < -0.4 is 4.74 Å². The van der Waals surface area contributed by atoms with E-state index in [1.165, 1.54) is 12.1 Å². The average molecular weight is 474 g/mol. The van der Waals surface area contributed by atoms with Crippen LogP contribution in [0, 0.1) is 12.7 Å². The van der Waals surface area contributed by atoms with Gasteiger partial charge in [-0.3, -0.25) is 9.69 Å². The minimum Gasteiger partial charge on any atom is -0.491 e. The van der Waals surface area contributed by atoms with Crippen LogP contribution in [0.1, 0.15) is 30.6 Å². The first-order chi connectivity index (χ1) is 16.4. The molecule has 0 unspecified atom stereocenters. The summed E-state index contributed by atoms with van der Waals surface area (Å²) in [6, 6.07) is 5.95. The van der Waals surface area contributed by atoms with Crippen molar-refractivity contribution < 1.29 is 18.7 Å². The highest BCUT2D eigenvalue weighted by atomic mass is 19.1. The number of amides is 1. The number of hydrogen-bond donors (Lipinski definition) is 1. The van der Waals surface area contributed by atoms with Crippen molar-refractivity contribution >= 4 is 5.91 Å². The number of carbonyl (C=O) groups excluding carboxylic acids is 1. The monoisotopic (exact) mass is 473 g/mol. The van der Waals surface area contributed by atoms with Crippen LogP contribution in [-0.2, 0) is 22.5 Å². The Morgan fingerprint density at radius 3 is 2.62 bits per heavy atom. The SMILES string of the molecule is CCc1nc(CN2CCO[C@@](COc3ccc(F)cc3)(CC(=O)N3CCN(C)CC3)C2)c(C)[nH]1. The number of halogens is 1. The van der Waals surface area contributed by atoms with Gasteiger partial charge in [0.25, 0.3) is 0 Å². The molecule has 2 fully saturated rings. The Balaban J connectivity index is 1.48. The van der Waals surface area contributed by atoms with E-state index in [0.29, 0.717) is 25.4 Å². The molecular formula is C25H36FN5O3. The number of piperazine rings is 1. The van der Waals surface area contributed by atoms with Crippen molar-refractivity contribution in [1.82, 2.24) is 24.7 Å². The molecule has 0 saturated carbocycles. The normalized spacial score (nSPS) is 22.2. The summed E-state index contributed by atoms with van der Waals surface area (Å²) >= 11 is 0. The first-order valence-electron chi connectivity index (χ1n) is 12.1. The third kappa shape index (κ3) is 6.14. The molecule has 3 heterocycles. The molecule has 0 aliphatic carbocycles. The summed E-state index contributed by atoms with van der Waals surface area (Å²) in [5.74, 6) is 1.32. The van der Waals surface area contributed by atoms with Crippen molar-refractivity contribution in [3.05, 3.63) is 47.3 Å². The maximum atomic E-state index is 13.3. The van der Waals surface area contributed by atoms with Gasteiger partial charge in [0.1, 0.15) is 29.6 Å². The van der Waals surface area contributed by atoms with Crippen molar-refractivity contribution in [2.45, 2.75) is 38.8 Å². The number of aryl methyl sites for hydroxylation is 2. The number of morpholine rings is 1. The molecule has 34 heavy (non-hydrogen) atoms. The number of aromatic amines is 1. The van der Waals surface area contributed by atoms with Crippen molar-refractivity contribution in [2.75, 3.05) is 59.5 Å². The van der Waals surface area contributed by atoms with Gasteiger partial charge < -0.3 is 24.3 Å². The van der Waals surface area contributed by atoms with Gasteiger partial charge in [-0.15, -0.1) is 0 Å². The largest absolute Gasteiger partial charge is 0.491 e. The summed E-state index contributed by atoms with van der Waals surface area (Å²) in [6.07, 6.45) is 1.10. The zero-order valence-corrected chi connectivity index (χ0v) is 20.5. The van der Waals surface area contributed by atoms with Gasteiger partial charge in [-0.25, -0.2) is 9.37 Å². The summed E-state index contributed by atoms with van der Waals surface area (Å²) in [5, 5.41) is 0. The van der Waals surface area contributed by atoms with E-state index in [9.17, 15) is 9.18 Å². The van der Waals surface area contributed by atoms with Crippen molar-refractivity contribution in [2.24, 2.45) is 0 Å². The maximum Gasteiger partial charge on any atom is 0.225 e. The van der Waals surface area contributed by atoms with Gasteiger partial charge in [0.15, 0.2) is 0 Å². The molecule has 2 aliphatic rings. The highest BCUT2D eigenvalue weighted by Gasteiger charge is 2.41. The predicted molar refractivity (Wildman–Crippen MR) is 127 cm³/mol. The standard InChI is InChI=1S/C25H36FN5O3/c1-4-23-27-19(2)22(28-23)16-30-13-14-34-25(17-30,18-33-21-7-5-20(26)6-8-21)15-24(32)31-11-9-29(3)10-12-31/h5-8H,4,9-18H2,1-3H3,(H,27,28)/t25-/m0/s1. The molecule has 2 aromatic rings. The quantitative estimate of drug-likeness (QED) is 0.634. The Labute approximate surface area is 201 Å². The molecule has 2 aliphatic heterocycles. The Kier molecular flexibility index (Phi) is 7.85. The van der Waals surface area contributed by atoms with E-state index in [1.54, 1.807) is 12.1 Å². The van der Waals surface area contributed by atoms with E-state index in [0.717, 1.165) is 56.4 Å². The molecule has 2 saturated heterocycles. The van der Waals surface area contributed by atoms with Gasteiger partial charge in [-0.2, -0.15) is 0 Å². The second kappa shape index (κ2) is 10.8. The number of rotatable bonds is 8. The molecular weight excluding hydrogens is 437 g/mol. The number of aromatic nitrogens is 2. The lowest BCUT2D eigenvalue weighted by atomic mass is 9.96. The lowest BCUT2D eigenvalue weighted by Crippen LogP contribution is -2.58. The maximum absolute atomic E-state index is 13.3. The fraction of sp³-hybridized carbons (Fsp3) is 0.600. The topological polar surface area (TPSA) is 73.9 Å². The zero-order valence-electron chi connectivity index (χ0n) is 20.5. The van der Waals surface area contributed by atoms with Crippen molar-refractivity contribution in [3.63, 3.8) is 0 Å². The van der Waals surface area contributed by atoms with Gasteiger partial charge in [0.05, 0.1) is 18.7 Å². The number of nitrogens with zero attached hydrogens (tertiary/aromatic N) is 4. The molecule has 8 nitrogen and oxygen atoms in total. The number of ether oxygens (including phenoxy) is 2. The first-order valence-corrected chi connectivity index (χ1v) is 12.1. The first kappa shape index (κ1) is 24.6. The van der Waals surface area contributed by atoms with Crippen LogP contribution in [0.15, 0.2) is 24.3 Å². The molecule has 0 bridgehead atoms. The second-order valence-electron chi connectivity index (χ2n) is 9.45. The number of carbonyl (C=O) groups is 1. The molecule has 1 atom stereocenters. The van der Waals surface area contributed by atoms with Gasteiger partial charge in [0.2, 0.25) is 5.91 Å². The van der Waals surface area contributed by atoms with Crippen molar-refractivity contribution in [3.8, 4) is 5.75 Å². The summed E-state index contributed by atoms with van der Waals surface area (Å²) in [5.41, 5.74) is 1.31. The molecule has 4 rings (SSSR count). The van der Waals surface area contributed by atoms with Gasteiger partial charge in [0, 0.05) is 57.9 Å². The van der Waals surface area contributed by atoms with Crippen LogP contribution in [0.4, 0.5) is 4.39 Å². The van der Waals surface area contributed by atoms with Crippen LogP contribution in [0.5, 0.6) is 5.75 Å². The summed E-state index contributed by atoms with van der Waals surface area (Å²) in [4.78, 5) is 27.8. The molecule has 1 aromatic carbocycles. The number of nitrogens with one attached hydrogen (secondary N) is 1. The van der Waals surface area contributed by atoms with Crippen LogP contribution in [0.25, 0.3) is 0 Å². The Morgan fingerprint density at radius 2 is 1.94 bits per heavy atom. The summed E-state index contributed by atoms with van der Waals surface area (Å²) in [7, 11) is 2.07. The van der Waals surface area contributed by atoms with Crippen molar-refractivity contribution in [1.29, 1.82) is 0 Å². The van der Waals surface area contributed by atoms with E-state index < -0.39 is 5.60 Å². The van der Waals surface area contributed by atoms with Crippen LogP contribution >= 0.6 is 0 Å². The van der Waals surface area contributed by atoms with Gasteiger partial charge in [-0.1, -0.05) is 6.92 Å². The van der Waals surface area contributed by atoms with Crippen LogP contribution in [0.3, 0.4) is 0 Å². The smallest absolute Gasteiger partial charge is 0.225 e. The molecule has 1 amide bonds. The fourth-order valence-electron chi connectivity index (χ4n) is 4.59. The molecule has 1 aromatic heterocycles. The predicted octanol–water partition coefficient (Wildman–Crippen LogP) is 2.23. The molecule has 0 radical (unpaired) electrons. The molecule has 1 N–H and O–H groups in total. The number of likely N-dealkylation sites (N-methyl/N-ethyl adjacent to an activating group) is 1. The Morgan fingerprint density at radius 1 is 1.21 bits per heavy atom. The van der Waals surface area contributed by atoms with E-state index in [1.807, 2.05) is 11.8 Å². The third-order valence-electron chi connectivity index (χ3n) is 6.72. The minimum absolute atomic E-state index is 0.0851. The zero-order chi connectivity index (χ0) is 24.1. The van der Waals surface area contributed by atoms with Crippen LogP contribution in [0.2, 0.25) is 0 Å². The second-order valence-corrected chi connectivity index (χ2v) is 9.45. The number of imidazole rings is 1. The number of H-pyrrole nitrogens is 1. The number of hydrogen-bond acceptors (Lipinski definition) is 6. The summed E-state index contributed by atoms with van der Waals surface area (Å²) < 4.78 is 25.7. The lowest BCUT2D eigenvalue weighted by molar-refractivity contribution is -0.158. The van der Waals surface area contributed by atoms with Crippen LogP contribution in [-0.4, -0.2) is 95.7 Å². The van der Waals surface area contributed by atoms with E-state index in [4.69, 9.17) is 14.5 Å².